The first-order chi connectivity index (χ1) is 11.1. The summed E-state index contributed by atoms with van der Waals surface area (Å²) in [4.78, 5) is 0. The van der Waals surface area contributed by atoms with Crippen LogP contribution in [0.5, 0.6) is 0 Å². The Hall–Kier alpha value is -0.910. The number of hydrogen-bond acceptors (Lipinski definition) is 4. The van der Waals surface area contributed by atoms with Crippen LogP contribution in [0.1, 0.15) is 49.6 Å². The standard InChI is InChI=1S/C18H31N3O2/c1-4-21-15(3)17(14(2)20-21)5-9-19-16-6-10-23-18(13-16)7-11-22-12-8-18/h16,19H,4-13H2,1-3H3. The van der Waals surface area contributed by atoms with Crippen LogP contribution in [-0.4, -0.2) is 47.8 Å². The second kappa shape index (κ2) is 7.32. The molecule has 5 heteroatoms. The number of rotatable bonds is 5. The predicted octanol–water partition coefficient (Wildman–Crippen LogP) is 2.38. The molecular weight excluding hydrogens is 290 g/mol. The van der Waals surface area contributed by atoms with Crippen LogP contribution in [0.3, 0.4) is 0 Å². The second-order valence-corrected chi connectivity index (χ2v) is 7.00. The summed E-state index contributed by atoms with van der Waals surface area (Å²) in [6.07, 6.45) is 5.40. The SMILES string of the molecule is CCn1nc(C)c(CCNC2CCOC3(CCOCC3)C2)c1C. The normalized spacial score (nSPS) is 24.2. The van der Waals surface area contributed by atoms with Crippen molar-refractivity contribution in [1.82, 2.24) is 15.1 Å². The molecule has 3 heterocycles. The summed E-state index contributed by atoms with van der Waals surface area (Å²) < 4.78 is 13.7. The lowest BCUT2D eigenvalue weighted by molar-refractivity contribution is -0.140. The lowest BCUT2D eigenvalue weighted by Crippen LogP contribution is -2.50. The van der Waals surface area contributed by atoms with Gasteiger partial charge in [0, 0.05) is 38.1 Å². The molecule has 130 valence electrons. The van der Waals surface area contributed by atoms with Gasteiger partial charge in [-0.15, -0.1) is 0 Å². The summed E-state index contributed by atoms with van der Waals surface area (Å²) >= 11 is 0. The molecule has 2 saturated heterocycles. The van der Waals surface area contributed by atoms with Gasteiger partial charge in [-0.25, -0.2) is 0 Å². The van der Waals surface area contributed by atoms with Crippen LogP contribution in [-0.2, 0) is 22.4 Å². The van der Waals surface area contributed by atoms with Crippen molar-refractivity contribution in [2.24, 2.45) is 0 Å². The molecule has 0 amide bonds. The van der Waals surface area contributed by atoms with Crippen molar-refractivity contribution in [1.29, 1.82) is 0 Å². The van der Waals surface area contributed by atoms with E-state index in [9.17, 15) is 0 Å². The minimum absolute atomic E-state index is 0.0765. The molecule has 1 aromatic rings. The van der Waals surface area contributed by atoms with E-state index in [-0.39, 0.29) is 5.60 Å². The maximum atomic E-state index is 6.12. The highest BCUT2D eigenvalue weighted by atomic mass is 16.5. The highest BCUT2D eigenvalue weighted by Crippen LogP contribution is 2.34. The van der Waals surface area contributed by atoms with Crippen LogP contribution in [0.15, 0.2) is 0 Å². The molecule has 1 aromatic heterocycles. The van der Waals surface area contributed by atoms with Crippen molar-refractivity contribution >= 4 is 0 Å². The van der Waals surface area contributed by atoms with E-state index in [4.69, 9.17) is 9.47 Å². The van der Waals surface area contributed by atoms with E-state index in [1.54, 1.807) is 0 Å². The molecule has 5 nitrogen and oxygen atoms in total. The monoisotopic (exact) mass is 321 g/mol. The van der Waals surface area contributed by atoms with Gasteiger partial charge in [0.1, 0.15) is 0 Å². The van der Waals surface area contributed by atoms with E-state index in [0.717, 1.165) is 65.0 Å². The first-order valence-corrected chi connectivity index (χ1v) is 9.11. The summed E-state index contributed by atoms with van der Waals surface area (Å²) in [7, 11) is 0. The van der Waals surface area contributed by atoms with Crippen molar-refractivity contribution in [2.45, 2.75) is 71.1 Å². The molecule has 0 aliphatic carbocycles. The van der Waals surface area contributed by atoms with Crippen LogP contribution in [0.25, 0.3) is 0 Å². The highest BCUT2D eigenvalue weighted by Gasteiger charge is 2.38. The van der Waals surface area contributed by atoms with Crippen molar-refractivity contribution in [2.75, 3.05) is 26.4 Å². The zero-order chi connectivity index (χ0) is 16.3. The molecule has 3 rings (SSSR count). The maximum Gasteiger partial charge on any atom is 0.0741 e. The maximum absolute atomic E-state index is 6.12. The lowest BCUT2D eigenvalue weighted by atomic mass is 9.84. The van der Waals surface area contributed by atoms with Crippen LogP contribution < -0.4 is 5.32 Å². The van der Waals surface area contributed by atoms with E-state index in [0.29, 0.717) is 6.04 Å². The predicted molar refractivity (Wildman–Crippen MR) is 90.8 cm³/mol. The van der Waals surface area contributed by atoms with Gasteiger partial charge in [0.05, 0.1) is 11.3 Å². The van der Waals surface area contributed by atoms with Gasteiger partial charge < -0.3 is 14.8 Å². The van der Waals surface area contributed by atoms with Gasteiger partial charge in [-0.3, -0.25) is 4.68 Å². The molecule has 2 fully saturated rings. The van der Waals surface area contributed by atoms with Gasteiger partial charge in [0.2, 0.25) is 0 Å². The zero-order valence-corrected chi connectivity index (χ0v) is 14.9. The number of nitrogens with one attached hydrogen (secondary N) is 1. The van der Waals surface area contributed by atoms with E-state index in [1.807, 2.05) is 0 Å². The first-order valence-electron chi connectivity index (χ1n) is 9.11. The Bertz CT molecular complexity index is 515. The zero-order valence-electron chi connectivity index (χ0n) is 14.9. The van der Waals surface area contributed by atoms with Crippen LogP contribution in [0.2, 0.25) is 0 Å². The van der Waals surface area contributed by atoms with E-state index >= 15 is 0 Å². The summed E-state index contributed by atoms with van der Waals surface area (Å²) in [6.45, 7) is 11.0. The molecule has 1 N–H and O–H groups in total. The summed E-state index contributed by atoms with van der Waals surface area (Å²) in [6, 6.07) is 0.573. The third-order valence-corrected chi connectivity index (χ3v) is 5.54. The van der Waals surface area contributed by atoms with Crippen molar-refractivity contribution < 1.29 is 9.47 Å². The van der Waals surface area contributed by atoms with Gasteiger partial charge >= 0.3 is 0 Å². The number of ether oxygens (including phenoxy) is 2. The molecular formula is C18H31N3O2. The molecule has 1 unspecified atom stereocenters. The summed E-state index contributed by atoms with van der Waals surface area (Å²) in [5.41, 5.74) is 3.98. The van der Waals surface area contributed by atoms with Crippen LogP contribution >= 0.6 is 0 Å². The van der Waals surface area contributed by atoms with Gasteiger partial charge in [0.25, 0.3) is 0 Å². The smallest absolute Gasteiger partial charge is 0.0741 e. The van der Waals surface area contributed by atoms with Crippen molar-refractivity contribution in [3.63, 3.8) is 0 Å². The molecule has 0 bridgehead atoms. The highest BCUT2D eigenvalue weighted by molar-refractivity contribution is 5.24. The topological polar surface area (TPSA) is 48.3 Å². The Morgan fingerprint density at radius 3 is 2.74 bits per heavy atom. The minimum Gasteiger partial charge on any atom is -0.381 e. The molecule has 1 spiro atoms. The molecule has 2 aliphatic rings. The third kappa shape index (κ3) is 3.78. The Morgan fingerprint density at radius 2 is 2.04 bits per heavy atom. The van der Waals surface area contributed by atoms with Crippen molar-refractivity contribution in [3.05, 3.63) is 17.0 Å². The fourth-order valence-corrected chi connectivity index (χ4v) is 4.10. The summed E-state index contributed by atoms with van der Waals surface area (Å²) in [5.74, 6) is 0. The van der Waals surface area contributed by atoms with E-state index < -0.39 is 0 Å². The number of aromatic nitrogens is 2. The van der Waals surface area contributed by atoms with Crippen molar-refractivity contribution in [3.8, 4) is 0 Å². The molecule has 1 atom stereocenters. The van der Waals surface area contributed by atoms with E-state index in [1.165, 1.54) is 17.0 Å². The van der Waals surface area contributed by atoms with Crippen LogP contribution in [0.4, 0.5) is 0 Å². The molecule has 23 heavy (non-hydrogen) atoms. The number of hydrogen-bond donors (Lipinski definition) is 1. The van der Waals surface area contributed by atoms with Gasteiger partial charge in [-0.2, -0.15) is 5.10 Å². The van der Waals surface area contributed by atoms with Gasteiger partial charge in [-0.05, 0) is 65.0 Å². The third-order valence-electron chi connectivity index (χ3n) is 5.54. The Morgan fingerprint density at radius 1 is 1.26 bits per heavy atom. The fraction of sp³-hybridized carbons (Fsp3) is 0.833. The van der Waals surface area contributed by atoms with Gasteiger partial charge in [0.15, 0.2) is 0 Å². The fourth-order valence-electron chi connectivity index (χ4n) is 4.10. The number of nitrogens with zero attached hydrogens (tertiary/aromatic N) is 2. The molecule has 2 aliphatic heterocycles. The van der Waals surface area contributed by atoms with Crippen LogP contribution in [0, 0.1) is 13.8 Å². The Kier molecular flexibility index (Phi) is 5.39. The summed E-state index contributed by atoms with van der Waals surface area (Å²) in [5, 5.41) is 8.38. The Balaban J connectivity index is 1.51. The quantitative estimate of drug-likeness (QED) is 0.904. The lowest BCUT2D eigenvalue weighted by Gasteiger charge is -2.43. The number of aryl methyl sites for hydroxylation is 2. The van der Waals surface area contributed by atoms with Gasteiger partial charge in [-0.1, -0.05) is 0 Å². The van der Waals surface area contributed by atoms with E-state index in [2.05, 4.69) is 35.9 Å². The second-order valence-electron chi connectivity index (χ2n) is 7.00. The Labute approximate surface area is 139 Å². The first kappa shape index (κ1) is 16.9. The molecule has 0 saturated carbocycles. The molecule has 0 aromatic carbocycles. The largest absolute Gasteiger partial charge is 0.381 e. The average molecular weight is 321 g/mol. The minimum atomic E-state index is 0.0765. The average Bonchev–Trinajstić information content (AvgIpc) is 2.83. The molecule has 0 radical (unpaired) electrons.